The third-order valence-corrected chi connectivity index (χ3v) is 2.42. The number of carbonyl (C=O) groups excluding carboxylic acids is 3. The molecule has 2 rings (SSSR count). The van der Waals surface area contributed by atoms with E-state index in [-0.39, 0.29) is 5.69 Å². The summed E-state index contributed by atoms with van der Waals surface area (Å²) in [6, 6.07) is 3.71. The zero-order valence-corrected chi connectivity index (χ0v) is 9.72. The van der Waals surface area contributed by atoms with E-state index in [9.17, 15) is 14.4 Å². The molecule has 0 saturated carbocycles. The topological polar surface area (TPSA) is 84.9 Å². The number of urea groups is 1. The van der Waals surface area contributed by atoms with E-state index in [1.165, 1.54) is 26.4 Å². The van der Waals surface area contributed by atoms with Gasteiger partial charge in [0.25, 0.3) is 0 Å². The molecule has 0 radical (unpaired) electrons. The van der Waals surface area contributed by atoms with Gasteiger partial charge in [-0.1, -0.05) is 0 Å². The molecule has 7 heteroatoms. The van der Waals surface area contributed by atoms with Gasteiger partial charge in [0.05, 0.1) is 19.9 Å². The normalized spacial score (nSPS) is 14.8. The smallest absolute Gasteiger partial charge is 0.336 e. The first-order chi connectivity index (χ1) is 8.56. The lowest BCUT2D eigenvalue weighted by molar-refractivity contribution is -0.134. The Hall–Kier alpha value is -2.57. The van der Waals surface area contributed by atoms with Crippen LogP contribution in [0.4, 0.5) is 10.5 Å². The molecule has 0 unspecified atom stereocenters. The van der Waals surface area contributed by atoms with Crippen molar-refractivity contribution in [1.29, 1.82) is 0 Å². The summed E-state index contributed by atoms with van der Waals surface area (Å²) >= 11 is 0. The van der Waals surface area contributed by atoms with Gasteiger partial charge in [-0.25, -0.2) is 9.69 Å². The maximum atomic E-state index is 11.5. The number of methoxy groups -OCH3 is 2. The Morgan fingerprint density at radius 2 is 1.56 bits per heavy atom. The Bertz CT molecular complexity index is 518. The quantitative estimate of drug-likeness (QED) is 0.615. The summed E-state index contributed by atoms with van der Waals surface area (Å²) in [5.41, 5.74) is 0.208. The second-order valence-corrected chi connectivity index (χ2v) is 3.47. The summed E-state index contributed by atoms with van der Waals surface area (Å²) in [5.74, 6) is -1.08. The second kappa shape index (κ2) is 4.36. The minimum atomic E-state index is -0.957. The molecule has 1 aromatic carbocycles. The minimum Gasteiger partial charge on any atom is -0.497 e. The van der Waals surface area contributed by atoms with Crippen LogP contribution in [0.5, 0.6) is 11.5 Å². The van der Waals surface area contributed by atoms with E-state index in [1.54, 1.807) is 6.07 Å². The number of hydrogen-bond donors (Lipinski definition) is 1. The highest BCUT2D eigenvalue weighted by atomic mass is 16.5. The van der Waals surface area contributed by atoms with E-state index in [0.717, 1.165) is 4.90 Å². The Kier molecular flexibility index (Phi) is 2.88. The van der Waals surface area contributed by atoms with Crippen molar-refractivity contribution in [3.63, 3.8) is 0 Å². The van der Waals surface area contributed by atoms with Crippen molar-refractivity contribution in [3.8, 4) is 11.5 Å². The summed E-state index contributed by atoms with van der Waals surface area (Å²) in [7, 11) is 2.88. The zero-order chi connectivity index (χ0) is 13.3. The van der Waals surface area contributed by atoms with E-state index in [4.69, 9.17) is 9.47 Å². The number of rotatable bonds is 3. The first-order valence-electron chi connectivity index (χ1n) is 4.99. The van der Waals surface area contributed by atoms with Gasteiger partial charge >= 0.3 is 17.8 Å². The predicted octanol–water partition coefficient (Wildman–Crippen LogP) is 0.287. The molecule has 0 atom stereocenters. The van der Waals surface area contributed by atoms with Gasteiger partial charge in [0.1, 0.15) is 11.5 Å². The molecule has 1 aliphatic rings. The average Bonchev–Trinajstić information content (AvgIpc) is 2.62. The van der Waals surface area contributed by atoms with Crippen LogP contribution in [0.1, 0.15) is 0 Å². The fourth-order valence-electron chi connectivity index (χ4n) is 1.56. The SMILES string of the molecule is COc1cc(OC)cc(N2C(=O)NC(=O)C2=O)c1. The summed E-state index contributed by atoms with van der Waals surface area (Å²) in [6.45, 7) is 0. The van der Waals surface area contributed by atoms with Crippen LogP contribution in [0.3, 0.4) is 0 Å². The van der Waals surface area contributed by atoms with Crippen molar-refractivity contribution in [2.45, 2.75) is 0 Å². The maximum absolute atomic E-state index is 11.5. The first-order valence-corrected chi connectivity index (χ1v) is 4.99. The summed E-state index contributed by atoms with van der Waals surface area (Å²) in [5, 5.41) is 1.91. The number of nitrogens with zero attached hydrogens (tertiary/aromatic N) is 1. The van der Waals surface area contributed by atoms with E-state index in [0.29, 0.717) is 11.5 Å². The lowest BCUT2D eigenvalue weighted by atomic mass is 10.2. The third-order valence-electron chi connectivity index (χ3n) is 2.42. The van der Waals surface area contributed by atoms with Crippen molar-refractivity contribution >= 4 is 23.5 Å². The maximum Gasteiger partial charge on any atom is 0.336 e. The average molecular weight is 250 g/mol. The van der Waals surface area contributed by atoms with E-state index >= 15 is 0 Å². The van der Waals surface area contributed by atoms with Gasteiger partial charge in [-0.2, -0.15) is 0 Å². The molecule has 1 saturated heterocycles. The first kappa shape index (κ1) is 11.9. The summed E-state index contributed by atoms with van der Waals surface area (Å²) < 4.78 is 10.0. The molecule has 1 heterocycles. The molecule has 4 amide bonds. The molecule has 0 aliphatic carbocycles. The molecule has 1 aromatic rings. The molecule has 0 aromatic heterocycles. The fourth-order valence-corrected chi connectivity index (χ4v) is 1.56. The lowest BCUT2D eigenvalue weighted by Crippen LogP contribution is -2.30. The van der Waals surface area contributed by atoms with Crippen molar-refractivity contribution in [2.75, 3.05) is 19.1 Å². The zero-order valence-electron chi connectivity index (χ0n) is 9.72. The van der Waals surface area contributed by atoms with Gasteiger partial charge in [-0.15, -0.1) is 0 Å². The van der Waals surface area contributed by atoms with Crippen LogP contribution in [0.2, 0.25) is 0 Å². The molecule has 0 bridgehead atoms. The highest BCUT2D eigenvalue weighted by molar-refractivity contribution is 6.53. The van der Waals surface area contributed by atoms with Crippen LogP contribution in [0, 0.1) is 0 Å². The molecule has 18 heavy (non-hydrogen) atoms. The van der Waals surface area contributed by atoms with Crippen molar-refractivity contribution < 1.29 is 23.9 Å². The molecule has 1 N–H and O–H groups in total. The van der Waals surface area contributed by atoms with E-state index < -0.39 is 17.8 Å². The summed E-state index contributed by atoms with van der Waals surface area (Å²) in [4.78, 5) is 34.8. The van der Waals surface area contributed by atoms with Crippen molar-refractivity contribution in [1.82, 2.24) is 5.32 Å². The molecule has 1 aliphatic heterocycles. The third kappa shape index (κ3) is 1.86. The molecule has 7 nitrogen and oxygen atoms in total. The number of anilines is 1. The summed E-state index contributed by atoms with van der Waals surface area (Å²) in [6.07, 6.45) is 0. The number of imide groups is 2. The minimum absolute atomic E-state index is 0.208. The van der Waals surface area contributed by atoms with Gasteiger partial charge in [0.15, 0.2) is 0 Å². The van der Waals surface area contributed by atoms with Gasteiger partial charge in [-0.3, -0.25) is 14.9 Å². The van der Waals surface area contributed by atoms with Crippen LogP contribution in [-0.2, 0) is 9.59 Å². The number of carbonyl (C=O) groups is 3. The van der Waals surface area contributed by atoms with Gasteiger partial charge in [-0.05, 0) is 0 Å². The van der Waals surface area contributed by atoms with Crippen LogP contribution in [0.15, 0.2) is 18.2 Å². The van der Waals surface area contributed by atoms with Crippen LogP contribution in [-0.4, -0.2) is 32.1 Å². The number of ether oxygens (including phenoxy) is 2. The second-order valence-electron chi connectivity index (χ2n) is 3.47. The molecule has 0 spiro atoms. The monoisotopic (exact) mass is 250 g/mol. The number of amides is 4. The Balaban J connectivity index is 2.47. The van der Waals surface area contributed by atoms with Gasteiger partial charge in [0.2, 0.25) is 0 Å². The Labute approximate surface area is 102 Å². The van der Waals surface area contributed by atoms with Crippen molar-refractivity contribution in [3.05, 3.63) is 18.2 Å². The van der Waals surface area contributed by atoms with Crippen LogP contribution < -0.4 is 19.7 Å². The standard InChI is InChI=1S/C11H10N2O5/c1-17-7-3-6(4-8(5-7)18-2)13-10(15)9(14)12-11(13)16/h3-5H,1-2H3,(H,12,14,16). The Morgan fingerprint density at radius 1 is 1.00 bits per heavy atom. The molecule has 1 fully saturated rings. The van der Waals surface area contributed by atoms with Gasteiger partial charge in [0, 0.05) is 18.2 Å². The molecular formula is C11H10N2O5. The Morgan fingerprint density at radius 3 is 1.94 bits per heavy atom. The van der Waals surface area contributed by atoms with Crippen molar-refractivity contribution in [2.24, 2.45) is 0 Å². The largest absolute Gasteiger partial charge is 0.497 e. The predicted molar refractivity (Wildman–Crippen MR) is 60.6 cm³/mol. The van der Waals surface area contributed by atoms with E-state index in [1.807, 2.05) is 5.32 Å². The molecular weight excluding hydrogens is 240 g/mol. The highest BCUT2D eigenvalue weighted by Crippen LogP contribution is 2.29. The lowest BCUT2D eigenvalue weighted by Gasteiger charge is -2.14. The fraction of sp³-hybridized carbons (Fsp3) is 0.182. The number of nitrogens with one attached hydrogen (secondary N) is 1. The molecule has 94 valence electrons. The van der Waals surface area contributed by atoms with Crippen LogP contribution >= 0.6 is 0 Å². The van der Waals surface area contributed by atoms with Crippen LogP contribution in [0.25, 0.3) is 0 Å². The highest BCUT2D eigenvalue weighted by Gasteiger charge is 2.38. The number of benzene rings is 1. The van der Waals surface area contributed by atoms with Gasteiger partial charge < -0.3 is 9.47 Å². The number of hydrogen-bond acceptors (Lipinski definition) is 5. The van der Waals surface area contributed by atoms with E-state index in [2.05, 4.69) is 0 Å².